The van der Waals surface area contributed by atoms with Crippen LogP contribution in [-0.2, 0) is 4.79 Å². The summed E-state index contributed by atoms with van der Waals surface area (Å²) in [7, 11) is 0. The fourth-order valence-corrected chi connectivity index (χ4v) is 2.22. The molecule has 0 saturated carbocycles. The highest BCUT2D eigenvalue weighted by Gasteiger charge is 2.31. The molecule has 0 aromatic heterocycles. The standard InChI is InChI=1S/C13H14N4O2/c1-2-11(18)15-8-3-4-10-9(7-8)12-14-5-6-17(12)13(19)16-10/h3-4,7H,2,5-6H2,1H3,(H,15,18)(H,16,19). The number of fused-ring (bicyclic) bond motifs is 3. The van der Waals surface area contributed by atoms with Crippen molar-refractivity contribution in [3.05, 3.63) is 23.8 Å². The first-order chi connectivity index (χ1) is 9.19. The summed E-state index contributed by atoms with van der Waals surface area (Å²) >= 11 is 0. The van der Waals surface area contributed by atoms with Gasteiger partial charge in [0.2, 0.25) is 5.91 Å². The van der Waals surface area contributed by atoms with Crippen molar-refractivity contribution in [3.63, 3.8) is 0 Å². The fraction of sp³-hybridized carbons (Fsp3) is 0.308. The van der Waals surface area contributed by atoms with Crippen LogP contribution in [0.1, 0.15) is 18.9 Å². The second-order valence-corrected chi connectivity index (χ2v) is 4.45. The van der Waals surface area contributed by atoms with E-state index in [4.69, 9.17) is 0 Å². The van der Waals surface area contributed by atoms with Gasteiger partial charge in [0.25, 0.3) is 0 Å². The minimum absolute atomic E-state index is 0.0370. The molecule has 0 spiro atoms. The van der Waals surface area contributed by atoms with Crippen LogP contribution in [0.25, 0.3) is 0 Å². The lowest BCUT2D eigenvalue weighted by Crippen LogP contribution is -2.42. The predicted octanol–water partition coefficient (Wildman–Crippen LogP) is 1.64. The zero-order valence-electron chi connectivity index (χ0n) is 10.6. The largest absolute Gasteiger partial charge is 0.327 e. The molecule has 3 amide bonds. The summed E-state index contributed by atoms with van der Waals surface area (Å²) in [6.07, 6.45) is 0.431. The van der Waals surface area contributed by atoms with Crippen molar-refractivity contribution in [1.82, 2.24) is 4.90 Å². The molecule has 2 heterocycles. The molecule has 2 N–H and O–H groups in total. The highest BCUT2D eigenvalue weighted by Crippen LogP contribution is 2.28. The number of anilines is 2. The highest BCUT2D eigenvalue weighted by atomic mass is 16.2. The van der Waals surface area contributed by atoms with Gasteiger partial charge in [-0.15, -0.1) is 0 Å². The van der Waals surface area contributed by atoms with Gasteiger partial charge >= 0.3 is 6.03 Å². The Kier molecular flexibility index (Phi) is 2.70. The molecule has 0 aliphatic carbocycles. The third-order valence-corrected chi connectivity index (χ3v) is 3.19. The molecule has 0 bridgehead atoms. The van der Waals surface area contributed by atoms with E-state index in [2.05, 4.69) is 15.6 Å². The second-order valence-electron chi connectivity index (χ2n) is 4.45. The Hall–Kier alpha value is -2.37. The van der Waals surface area contributed by atoms with Crippen LogP contribution in [0.3, 0.4) is 0 Å². The van der Waals surface area contributed by atoms with Gasteiger partial charge in [0.1, 0.15) is 5.84 Å². The van der Waals surface area contributed by atoms with Crippen LogP contribution in [0.2, 0.25) is 0 Å². The van der Waals surface area contributed by atoms with E-state index in [0.717, 1.165) is 16.9 Å². The van der Waals surface area contributed by atoms with Gasteiger partial charge in [0.15, 0.2) is 0 Å². The maximum atomic E-state index is 11.8. The number of carbonyl (C=O) groups is 2. The molecular formula is C13H14N4O2. The number of hydrogen-bond donors (Lipinski definition) is 2. The van der Waals surface area contributed by atoms with E-state index < -0.39 is 0 Å². The summed E-state index contributed by atoms with van der Waals surface area (Å²) in [5.74, 6) is 0.649. The highest BCUT2D eigenvalue weighted by molar-refractivity contribution is 6.19. The number of rotatable bonds is 2. The van der Waals surface area contributed by atoms with E-state index >= 15 is 0 Å². The first kappa shape index (κ1) is 11.7. The van der Waals surface area contributed by atoms with Crippen molar-refractivity contribution in [2.75, 3.05) is 23.7 Å². The molecule has 6 nitrogen and oxygen atoms in total. The van der Waals surface area contributed by atoms with Crippen LogP contribution in [0.4, 0.5) is 16.2 Å². The van der Waals surface area contributed by atoms with Crippen molar-refractivity contribution >= 4 is 29.1 Å². The third-order valence-electron chi connectivity index (χ3n) is 3.19. The topological polar surface area (TPSA) is 73.8 Å². The van der Waals surface area contributed by atoms with E-state index in [1.54, 1.807) is 24.0 Å². The number of nitrogens with one attached hydrogen (secondary N) is 2. The first-order valence-corrected chi connectivity index (χ1v) is 6.26. The van der Waals surface area contributed by atoms with Crippen LogP contribution in [0.15, 0.2) is 23.2 Å². The number of benzene rings is 1. The molecule has 1 aromatic carbocycles. The summed E-state index contributed by atoms with van der Waals surface area (Å²) in [5, 5.41) is 5.63. The average molecular weight is 258 g/mol. The van der Waals surface area contributed by atoms with Crippen molar-refractivity contribution < 1.29 is 9.59 Å². The molecular weight excluding hydrogens is 244 g/mol. The number of amides is 3. The van der Waals surface area contributed by atoms with Crippen molar-refractivity contribution in [2.45, 2.75) is 13.3 Å². The monoisotopic (exact) mass is 258 g/mol. The molecule has 6 heteroatoms. The molecule has 2 aliphatic heterocycles. The maximum absolute atomic E-state index is 11.8. The molecule has 19 heavy (non-hydrogen) atoms. The van der Waals surface area contributed by atoms with Crippen LogP contribution in [0.5, 0.6) is 0 Å². The molecule has 0 fully saturated rings. The Morgan fingerprint density at radius 3 is 3.16 bits per heavy atom. The van der Waals surface area contributed by atoms with E-state index in [1.807, 2.05) is 6.07 Å². The Morgan fingerprint density at radius 2 is 2.37 bits per heavy atom. The van der Waals surface area contributed by atoms with Gasteiger partial charge in [-0.25, -0.2) is 4.79 Å². The Morgan fingerprint density at radius 1 is 1.53 bits per heavy atom. The zero-order valence-corrected chi connectivity index (χ0v) is 10.6. The number of amidine groups is 1. The van der Waals surface area contributed by atoms with Crippen molar-refractivity contribution in [2.24, 2.45) is 4.99 Å². The lowest BCUT2D eigenvalue weighted by atomic mass is 10.1. The van der Waals surface area contributed by atoms with Crippen LogP contribution in [-0.4, -0.2) is 35.8 Å². The van der Waals surface area contributed by atoms with E-state index in [-0.39, 0.29) is 11.9 Å². The summed E-state index contributed by atoms with van der Waals surface area (Å²) in [4.78, 5) is 29.2. The van der Waals surface area contributed by atoms with Gasteiger partial charge in [-0.2, -0.15) is 0 Å². The molecule has 98 valence electrons. The quantitative estimate of drug-likeness (QED) is 0.846. The first-order valence-electron chi connectivity index (χ1n) is 6.26. The summed E-state index contributed by atoms with van der Waals surface area (Å²) in [6.45, 7) is 3.02. The maximum Gasteiger partial charge on any atom is 0.327 e. The number of urea groups is 1. The van der Waals surface area contributed by atoms with Crippen molar-refractivity contribution in [3.8, 4) is 0 Å². The Labute approximate surface area is 110 Å². The van der Waals surface area contributed by atoms with E-state index in [1.165, 1.54) is 0 Å². The SMILES string of the molecule is CCC(=O)Nc1ccc2c(c1)C1=NCCN1C(=O)N2. The third kappa shape index (κ3) is 1.95. The molecule has 3 rings (SSSR count). The second kappa shape index (κ2) is 4.38. The fourth-order valence-electron chi connectivity index (χ4n) is 2.22. The molecule has 0 unspecified atom stereocenters. The molecule has 2 aliphatic rings. The lowest BCUT2D eigenvalue weighted by molar-refractivity contribution is -0.115. The van der Waals surface area contributed by atoms with Gasteiger partial charge < -0.3 is 10.6 Å². The average Bonchev–Trinajstić information content (AvgIpc) is 2.89. The smallest absolute Gasteiger partial charge is 0.326 e. The predicted molar refractivity (Wildman–Crippen MR) is 72.5 cm³/mol. The normalized spacial score (nSPS) is 16.4. The Bertz CT molecular complexity index is 594. The van der Waals surface area contributed by atoms with Crippen LogP contribution < -0.4 is 10.6 Å². The number of aliphatic imine (C=N–C) groups is 1. The van der Waals surface area contributed by atoms with Gasteiger partial charge in [0, 0.05) is 24.2 Å². The number of carbonyl (C=O) groups excluding carboxylic acids is 2. The minimum atomic E-state index is -0.144. The van der Waals surface area contributed by atoms with Gasteiger partial charge in [0.05, 0.1) is 12.2 Å². The summed E-state index contributed by atoms with van der Waals surface area (Å²) in [5.41, 5.74) is 2.30. The van der Waals surface area contributed by atoms with E-state index in [9.17, 15) is 9.59 Å². The van der Waals surface area contributed by atoms with Gasteiger partial charge in [-0.3, -0.25) is 14.7 Å². The lowest BCUT2D eigenvalue weighted by Gasteiger charge is -2.26. The van der Waals surface area contributed by atoms with E-state index in [0.29, 0.717) is 25.3 Å². The molecule has 0 saturated heterocycles. The van der Waals surface area contributed by atoms with Crippen LogP contribution >= 0.6 is 0 Å². The molecule has 0 atom stereocenters. The Balaban J connectivity index is 1.98. The van der Waals surface area contributed by atoms with Crippen molar-refractivity contribution in [1.29, 1.82) is 0 Å². The van der Waals surface area contributed by atoms with Gasteiger partial charge in [-0.1, -0.05) is 6.92 Å². The van der Waals surface area contributed by atoms with Crippen LogP contribution in [0, 0.1) is 0 Å². The van der Waals surface area contributed by atoms with Gasteiger partial charge in [-0.05, 0) is 18.2 Å². The summed E-state index contributed by atoms with van der Waals surface area (Å²) in [6, 6.07) is 5.27. The number of hydrogen-bond acceptors (Lipinski definition) is 3. The molecule has 0 radical (unpaired) electrons. The summed E-state index contributed by atoms with van der Waals surface area (Å²) < 4.78 is 0. The molecule has 1 aromatic rings. The minimum Gasteiger partial charge on any atom is -0.326 e. The zero-order chi connectivity index (χ0) is 13.4. The number of nitrogens with zero attached hydrogens (tertiary/aromatic N) is 2.